The number of aliphatic imine (C=N–C) groups is 2. The Labute approximate surface area is 153 Å². The number of nitrogen functional groups attached to an aromatic ring is 1. The number of nitrogens with zero attached hydrogens (tertiary/aromatic N) is 4. The van der Waals surface area contributed by atoms with Gasteiger partial charge < -0.3 is 5.73 Å². The molecule has 1 aromatic rings. The van der Waals surface area contributed by atoms with Crippen molar-refractivity contribution in [2.45, 2.75) is 58.8 Å². The van der Waals surface area contributed by atoms with E-state index in [1.165, 1.54) is 35.5 Å². The summed E-state index contributed by atoms with van der Waals surface area (Å²) in [6.07, 6.45) is 8.08. The van der Waals surface area contributed by atoms with E-state index in [0.29, 0.717) is 17.0 Å². The second-order valence-electron chi connectivity index (χ2n) is 6.22. The Morgan fingerprint density at radius 3 is 2.75 bits per heavy atom. The van der Waals surface area contributed by atoms with E-state index in [2.05, 4.69) is 33.2 Å². The third kappa shape index (κ3) is 5.41. The van der Waals surface area contributed by atoms with E-state index in [0.717, 1.165) is 28.7 Å². The smallest absolute Gasteiger partial charge is 0.203 e. The standard InChI is InChI=1S/C17H27N5S2/c1-5-7-14(23-17(19-4)20-11(2)3)12-8-6-9-13(10-12)15-21-22-16(18)24-15/h7,12-13H,5-6,8-10H2,1-4H3,(H2,18,22). The molecular formula is C17H27N5S2. The molecule has 1 saturated carbocycles. The summed E-state index contributed by atoms with van der Waals surface area (Å²) in [5.41, 5.74) is 6.79. The van der Waals surface area contributed by atoms with Crippen molar-refractivity contribution >= 4 is 39.1 Å². The highest BCUT2D eigenvalue weighted by molar-refractivity contribution is 8.17. The maximum absolute atomic E-state index is 5.76. The molecule has 1 aliphatic rings. The van der Waals surface area contributed by atoms with Gasteiger partial charge in [0, 0.05) is 18.7 Å². The van der Waals surface area contributed by atoms with Crippen LogP contribution in [0.5, 0.6) is 0 Å². The van der Waals surface area contributed by atoms with E-state index >= 15 is 0 Å². The molecule has 2 rings (SSSR count). The topological polar surface area (TPSA) is 76.5 Å². The minimum Gasteiger partial charge on any atom is -0.374 e. The van der Waals surface area contributed by atoms with Gasteiger partial charge in [-0.3, -0.25) is 4.99 Å². The molecule has 0 spiro atoms. The Bertz CT molecular complexity index is 629. The van der Waals surface area contributed by atoms with Crippen molar-refractivity contribution in [3.63, 3.8) is 0 Å². The van der Waals surface area contributed by atoms with E-state index in [1.54, 1.807) is 11.8 Å². The highest BCUT2D eigenvalue weighted by Gasteiger charge is 2.28. The molecule has 1 heterocycles. The number of hydrogen-bond donors (Lipinski definition) is 1. The molecule has 1 fully saturated rings. The number of amidine groups is 1. The summed E-state index contributed by atoms with van der Waals surface area (Å²) in [4.78, 5) is 10.3. The number of rotatable bonds is 4. The van der Waals surface area contributed by atoms with E-state index in [4.69, 9.17) is 5.73 Å². The Hall–Kier alpha value is -1.21. The Kier molecular flexibility index (Phi) is 7.42. The predicted molar refractivity (Wildman–Crippen MR) is 107 cm³/mol. The highest BCUT2D eigenvalue weighted by atomic mass is 32.2. The van der Waals surface area contributed by atoms with Gasteiger partial charge in [0.2, 0.25) is 5.13 Å². The minimum absolute atomic E-state index is 0.470. The van der Waals surface area contributed by atoms with Crippen LogP contribution >= 0.6 is 23.1 Å². The second-order valence-corrected chi connectivity index (χ2v) is 8.30. The molecular weight excluding hydrogens is 338 g/mol. The van der Waals surface area contributed by atoms with Crippen molar-refractivity contribution in [1.82, 2.24) is 10.2 Å². The molecule has 1 aliphatic carbocycles. The number of hydrogen-bond acceptors (Lipinski definition) is 6. The van der Waals surface area contributed by atoms with Crippen LogP contribution in [0.1, 0.15) is 63.8 Å². The fourth-order valence-corrected chi connectivity index (χ4v) is 4.91. The maximum Gasteiger partial charge on any atom is 0.203 e. The minimum atomic E-state index is 0.470. The fourth-order valence-electron chi connectivity index (χ4n) is 2.99. The molecule has 2 atom stereocenters. The lowest BCUT2D eigenvalue weighted by molar-refractivity contribution is 0.367. The van der Waals surface area contributed by atoms with Crippen LogP contribution in [0.25, 0.3) is 0 Å². The Morgan fingerprint density at radius 1 is 1.38 bits per heavy atom. The summed E-state index contributed by atoms with van der Waals surface area (Å²) in [5, 5.41) is 10.8. The first-order valence-electron chi connectivity index (χ1n) is 8.48. The second kappa shape index (κ2) is 9.32. The first-order valence-corrected chi connectivity index (χ1v) is 10.1. The van der Waals surface area contributed by atoms with Gasteiger partial charge in [0.15, 0.2) is 5.17 Å². The first kappa shape index (κ1) is 19.1. The zero-order valence-corrected chi connectivity index (χ0v) is 16.6. The highest BCUT2D eigenvalue weighted by Crippen LogP contribution is 2.43. The molecule has 7 heteroatoms. The van der Waals surface area contributed by atoms with Gasteiger partial charge in [-0.15, -0.1) is 10.2 Å². The van der Waals surface area contributed by atoms with E-state index in [-0.39, 0.29) is 0 Å². The molecule has 2 N–H and O–H groups in total. The average Bonchev–Trinajstić information content (AvgIpc) is 3.00. The Morgan fingerprint density at radius 2 is 2.17 bits per heavy atom. The molecule has 132 valence electrons. The van der Waals surface area contributed by atoms with Crippen molar-refractivity contribution in [3.05, 3.63) is 16.0 Å². The molecule has 0 aromatic carbocycles. The van der Waals surface area contributed by atoms with Gasteiger partial charge in [0.1, 0.15) is 5.01 Å². The summed E-state index contributed by atoms with van der Waals surface area (Å²) in [7, 11) is 1.81. The normalized spacial score (nSPS) is 22.5. The lowest BCUT2D eigenvalue weighted by atomic mass is 9.81. The number of nitrogens with two attached hydrogens (primary N) is 1. The van der Waals surface area contributed by atoms with Crippen LogP contribution in [0.3, 0.4) is 0 Å². The number of aromatic nitrogens is 2. The largest absolute Gasteiger partial charge is 0.374 e. The molecule has 24 heavy (non-hydrogen) atoms. The molecule has 2 unspecified atom stereocenters. The summed E-state index contributed by atoms with van der Waals surface area (Å²) in [5.74, 6) is 1.01. The molecule has 1 aromatic heterocycles. The summed E-state index contributed by atoms with van der Waals surface area (Å²) in [6.45, 7) is 6.19. The lowest BCUT2D eigenvalue weighted by Crippen LogP contribution is -2.16. The van der Waals surface area contributed by atoms with Crippen molar-refractivity contribution in [3.8, 4) is 0 Å². The summed E-state index contributed by atoms with van der Waals surface area (Å²) in [6, 6.07) is 0. The van der Waals surface area contributed by atoms with Gasteiger partial charge in [-0.2, -0.15) is 0 Å². The van der Waals surface area contributed by atoms with Crippen molar-refractivity contribution in [2.24, 2.45) is 15.9 Å². The van der Waals surface area contributed by atoms with Crippen molar-refractivity contribution in [2.75, 3.05) is 12.8 Å². The monoisotopic (exact) mass is 365 g/mol. The van der Waals surface area contributed by atoms with Crippen LogP contribution in [0.15, 0.2) is 21.0 Å². The van der Waals surface area contributed by atoms with Gasteiger partial charge in [0.25, 0.3) is 0 Å². The SMILES string of the molecule is CCC=C(SC(N=C(C)C)=NC)C1CCCC(c2nnc(N)s2)C1. The molecule has 0 radical (unpaired) electrons. The lowest BCUT2D eigenvalue weighted by Gasteiger charge is -2.29. The van der Waals surface area contributed by atoms with E-state index in [1.807, 2.05) is 20.9 Å². The van der Waals surface area contributed by atoms with Crippen LogP contribution in [0.2, 0.25) is 0 Å². The van der Waals surface area contributed by atoms with Crippen LogP contribution in [-0.2, 0) is 0 Å². The molecule has 0 amide bonds. The van der Waals surface area contributed by atoms with Crippen LogP contribution in [0.4, 0.5) is 5.13 Å². The van der Waals surface area contributed by atoms with Crippen LogP contribution < -0.4 is 5.73 Å². The quantitative estimate of drug-likeness (QED) is 0.609. The number of allylic oxidation sites excluding steroid dienone is 2. The molecule has 0 bridgehead atoms. The van der Waals surface area contributed by atoms with Gasteiger partial charge in [-0.25, -0.2) is 4.99 Å². The molecule has 0 saturated heterocycles. The average molecular weight is 366 g/mol. The van der Waals surface area contributed by atoms with Gasteiger partial charge in [-0.05, 0) is 50.4 Å². The summed E-state index contributed by atoms with van der Waals surface area (Å²) >= 11 is 3.25. The zero-order valence-electron chi connectivity index (χ0n) is 15.0. The molecule has 5 nitrogen and oxygen atoms in total. The number of anilines is 1. The Balaban J connectivity index is 2.12. The van der Waals surface area contributed by atoms with Gasteiger partial charge in [0.05, 0.1) is 0 Å². The zero-order chi connectivity index (χ0) is 17.5. The van der Waals surface area contributed by atoms with E-state index < -0.39 is 0 Å². The molecule has 0 aliphatic heterocycles. The number of thioether (sulfide) groups is 1. The first-order chi connectivity index (χ1) is 11.5. The van der Waals surface area contributed by atoms with Crippen LogP contribution in [0, 0.1) is 5.92 Å². The van der Waals surface area contributed by atoms with E-state index in [9.17, 15) is 0 Å². The van der Waals surface area contributed by atoms with Crippen LogP contribution in [-0.4, -0.2) is 28.1 Å². The summed E-state index contributed by atoms with van der Waals surface area (Å²) < 4.78 is 0. The predicted octanol–water partition coefficient (Wildman–Crippen LogP) is 4.89. The van der Waals surface area contributed by atoms with Gasteiger partial charge >= 0.3 is 0 Å². The van der Waals surface area contributed by atoms with Gasteiger partial charge in [-0.1, -0.05) is 42.5 Å². The van der Waals surface area contributed by atoms with Crippen molar-refractivity contribution in [1.29, 1.82) is 0 Å². The maximum atomic E-state index is 5.76. The third-order valence-electron chi connectivity index (χ3n) is 4.01. The van der Waals surface area contributed by atoms with Crippen molar-refractivity contribution < 1.29 is 0 Å². The fraction of sp³-hybridized carbons (Fsp3) is 0.647. The third-order valence-corrected chi connectivity index (χ3v) is 6.11.